The molecule has 0 heterocycles. The molecule has 0 aliphatic heterocycles. The monoisotopic (exact) mass is 488 g/mol. The summed E-state index contributed by atoms with van der Waals surface area (Å²) in [6.07, 6.45) is -0.661. The number of aliphatic carboxylic acids is 1. The maximum Gasteiger partial charge on any atom is 0.407 e. The zero-order valence-corrected chi connectivity index (χ0v) is 19.3. The second-order valence-corrected chi connectivity index (χ2v) is 8.18. The average molecular weight is 489 g/mol. The van der Waals surface area contributed by atoms with Crippen molar-refractivity contribution in [3.8, 4) is 23.0 Å². The Hall–Kier alpha value is -4.28. The van der Waals surface area contributed by atoms with Crippen molar-refractivity contribution in [2.24, 2.45) is 0 Å². The van der Waals surface area contributed by atoms with Gasteiger partial charge in [0.25, 0.3) is 0 Å². The molecule has 0 atom stereocenters. The van der Waals surface area contributed by atoms with Gasteiger partial charge in [0.15, 0.2) is 0 Å². The number of anilines is 1. The highest BCUT2D eigenvalue weighted by Crippen LogP contribution is 2.44. The fourth-order valence-electron chi connectivity index (χ4n) is 4.01. The van der Waals surface area contributed by atoms with E-state index >= 15 is 0 Å². The molecule has 2 amide bonds. The van der Waals surface area contributed by atoms with Crippen molar-refractivity contribution in [1.29, 1.82) is 0 Å². The lowest BCUT2D eigenvalue weighted by atomic mass is 9.98. The first-order chi connectivity index (χ1) is 16.9. The number of hydrogen-bond acceptors (Lipinski definition) is 4. The van der Waals surface area contributed by atoms with E-state index in [9.17, 15) is 14.4 Å². The van der Waals surface area contributed by atoms with Crippen molar-refractivity contribution >= 4 is 35.3 Å². The van der Waals surface area contributed by atoms with Crippen LogP contribution in [-0.2, 0) is 14.3 Å². The minimum Gasteiger partial charge on any atom is -0.480 e. The first kappa shape index (κ1) is 23.9. The molecule has 1 aliphatic rings. The molecular weight excluding hydrogens is 468 g/mol. The zero-order chi connectivity index (χ0) is 24.8. The third-order valence-electron chi connectivity index (χ3n) is 5.52. The Balaban J connectivity index is 1.33. The number of nitrogens with one attached hydrogen (secondary N) is 1. The molecule has 7 nitrogen and oxygen atoms in total. The molecule has 2 N–H and O–H groups in total. The molecule has 8 heteroatoms. The van der Waals surface area contributed by atoms with Gasteiger partial charge >= 0.3 is 18.0 Å². The van der Waals surface area contributed by atoms with Crippen LogP contribution in [0, 0.1) is 11.8 Å². The van der Waals surface area contributed by atoms with E-state index in [2.05, 4.69) is 29.3 Å². The van der Waals surface area contributed by atoms with Crippen LogP contribution >= 0.6 is 11.6 Å². The van der Waals surface area contributed by atoms with Crippen molar-refractivity contribution in [2.75, 3.05) is 24.6 Å². The summed E-state index contributed by atoms with van der Waals surface area (Å²) in [5.74, 6) is 2.88. The Kier molecular flexibility index (Phi) is 7.34. The smallest absolute Gasteiger partial charge is 0.407 e. The van der Waals surface area contributed by atoms with Crippen LogP contribution in [0.4, 0.5) is 10.5 Å². The van der Waals surface area contributed by atoms with Gasteiger partial charge in [-0.3, -0.25) is 14.5 Å². The number of halogens is 1. The van der Waals surface area contributed by atoms with Gasteiger partial charge in [0.05, 0.1) is 6.54 Å². The SMILES string of the molecule is O=C(O)CN(C(=O)C#CCNC(=O)OCC1c2ccccc2-c2ccccc21)c1cccc(Cl)c1. The van der Waals surface area contributed by atoms with E-state index < -0.39 is 24.5 Å². The van der Waals surface area contributed by atoms with Crippen LogP contribution in [0.25, 0.3) is 11.1 Å². The number of nitrogens with zero attached hydrogens (tertiary/aromatic N) is 1. The topological polar surface area (TPSA) is 95.9 Å². The Bertz CT molecular complexity index is 1300. The number of fused-ring (bicyclic) bond motifs is 3. The molecule has 0 aromatic heterocycles. The molecule has 0 unspecified atom stereocenters. The molecule has 0 fully saturated rings. The highest BCUT2D eigenvalue weighted by atomic mass is 35.5. The third kappa shape index (κ3) is 5.62. The number of alkyl carbamates (subject to hydrolysis) is 1. The standard InChI is InChI=1S/C27H21ClN2O5/c28-18-7-5-8-19(15-18)30(16-26(32)33)25(31)13-6-14-29-27(34)35-17-24-22-11-3-1-9-20(22)21-10-2-4-12-23(21)24/h1-5,7-12,15,24H,14,16-17H2,(H,29,34)(H,32,33). The van der Waals surface area contributed by atoms with Crippen LogP contribution in [0.3, 0.4) is 0 Å². The second kappa shape index (κ2) is 10.8. The molecule has 0 bridgehead atoms. The Morgan fingerprint density at radius 2 is 1.63 bits per heavy atom. The van der Waals surface area contributed by atoms with Crippen LogP contribution in [0.15, 0.2) is 72.8 Å². The van der Waals surface area contributed by atoms with Crippen molar-refractivity contribution < 1.29 is 24.2 Å². The van der Waals surface area contributed by atoms with Gasteiger partial charge < -0.3 is 15.2 Å². The molecule has 3 aromatic rings. The van der Waals surface area contributed by atoms with Crippen molar-refractivity contribution in [2.45, 2.75) is 5.92 Å². The lowest BCUT2D eigenvalue weighted by Crippen LogP contribution is -2.35. The van der Waals surface area contributed by atoms with Crippen LogP contribution in [0.1, 0.15) is 17.0 Å². The van der Waals surface area contributed by atoms with E-state index in [0.717, 1.165) is 27.2 Å². The fraction of sp³-hybridized carbons (Fsp3) is 0.148. The Morgan fingerprint density at radius 3 is 2.26 bits per heavy atom. The summed E-state index contributed by atoms with van der Waals surface area (Å²) in [4.78, 5) is 36.9. The third-order valence-corrected chi connectivity index (χ3v) is 5.75. The largest absolute Gasteiger partial charge is 0.480 e. The van der Waals surface area contributed by atoms with Crippen molar-refractivity contribution in [3.05, 3.63) is 88.9 Å². The maximum atomic E-state index is 12.5. The van der Waals surface area contributed by atoms with Gasteiger partial charge in [0, 0.05) is 16.6 Å². The number of benzene rings is 3. The summed E-state index contributed by atoms with van der Waals surface area (Å²) in [6, 6.07) is 22.3. The van der Waals surface area contributed by atoms with Gasteiger partial charge in [0.1, 0.15) is 13.2 Å². The van der Waals surface area contributed by atoms with Crippen molar-refractivity contribution in [3.63, 3.8) is 0 Å². The number of rotatable bonds is 6. The van der Waals surface area contributed by atoms with E-state index in [1.807, 2.05) is 36.4 Å². The van der Waals surface area contributed by atoms with Gasteiger partial charge in [-0.15, -0.1) is 0 Å². The predicted octanol–water partition coefficient (Wildman–Crippen LogP) is 4.30. The van der Waals surface area contributed by atoms with E-state index in [-0.39, 0.29) is 19.1 Å². The van der Waals surface area contributed by atoms with Gasteiger partial charge in [-0.25, -0.2) is 4.79 Å². The number of carbonyl (C=O) groups is 3. The molecule has 3 aromatic carbocycles. The summed E-state index contributed by atoms with van der Waals surface area (Å²) < 4.78 is 5.42. The zero-order valence-electron chi connectivity index (χ0n) is 18.5. The molecule has 0 radical (unpaired) electrons. The lowest BCUT2D eigenvalue weighted by Gasteiger charge is -2.18. The second-order valence-electron chi connectivity index (χ2n) is 7.75. The minimum atomic E-state index is -1.20. The predicted molar refractivity (Wildman–Crippen MR) is 132 cm³/mol. The molecule has 0 saturated heterocycles. The first-order valence-corrected chi connectivity index (χ1v) is 11.2. The number of amides is 2. The highest BCUT2D eigenvalue weighted by Gasteiger charge is 2.28. The minimum absolute atomic E-state index is 0.0666. The average Bonchev–Trinajstić information content (AvgIpc) is 3.17. The molecule has 35 heavy (non-hydrogen) atoms. The van der Waals surface area contributed by atoms with Crippen LogP contribution < -0.4 is 10.2 Å². The van der Waals surface area contributed by atoms with E-state index in [0.29, 0.717) is 10.7 Å². The first-order valence-electron chi connectivity index (χ1n) is 10.8. The van der Waals surface area contributed by atoms with Gasteiger partial charge in [-0.1, -0.05) is 72.1 Å². The van der Waals surface area contributed by atoms with Crippen LogP contribution in [0.5, 0.6) is 0 Å². The number of ether oxygens (including phenoxy) is 1. The summed E-state index contributed by atoms with van der Waals surface area (Å²) in [5, 5.41) is 12.0. The number of carbonyl (C=O) groups excluding carboxylic acids is 2. The summed E-state index contributed by atoms with van der Waals surface area (Å²) in [7, 11) is 0. The summed E-state index contributed by atoms with van der Waals surface area (Å²) >= 11 is 5.94. The molecule has 4 rings (SSSR count). The van der Waals surface area contributed by atoms with Gasteiger partial charge in [-0.2, -0.15) is 0 Å². The van der Waals surface area contributed by atoms with E-state index in [1.165, 1.54) is 6.07 Å². The number of carboxylic acid groups (broad SMARTS) is 1. The molecule has 1 aliphatic carbocycles. The molecule has 176 valence electrons. The summed E-state index contributed by atoms with van der Waals surface area (Å²) in [6.45, 7) is -0.556. The van der Waals surface area contributed by atoms with Crippen LogP contribution in [0.2, 0.25) is 5.02 Å². The molecule has 0 saturated carbocycles. The van der Waals surface area contributed by atoms with Crippen LogP contribution in [-0.4, -0.2) is 42.8 Å². The number of carboxylic acids is 1. The van der Waals surface area contributed by atoms with Gasteiger partial charge in [-0.05, 0) is 46.4 Å². The summed E-state index contributed by atoms with van der Waals surface area (Å²) in [5.41, 5.74) is 4.78. The van der Waals surface area contributed by atoms with Gasteiger partial charge in [0.2, 0.25) is 0 Å². The normalized spacial score (nSPS) is 11.5. The lowest BCUT2D eigenvalue weighted by molar-refractivity contribution is -0.136. The Morgan fingerprint density at radius 1 is 0.971 bits per heavy atom. The fourth-order valence-corrected chi connectivity index (χ4v) is 4.20. The molecular formula is C27H21ClN2O5. The quantitative estimate of drug-likeness (QED) is 0.504. The molecule has 0 spiro atoms. The Labute approximate surface area is 207 Å². The number of hydrogen-bond donors (Lipinski definition) is 2. The van der Waals surface area contributed by atoms with E-state index in [1.54, 1.807) is 18.2 Å². The maximum absolute atomic E-state index is 12.5. The van der Waals surface area contributed by atoms with E-state index in [4.69, 9.17) is 21.4 Å². The highest BCUT2D eigenvalue weighted by molar-refractivity contribution is 6.31. The van der Waals surface area contributed by atoms with Crippen molar-refractivity contribution in [1.82, 2.24) is 5.32 Å².